The number of benzene rings is 1. The Bertz CT molecular complexity index is 508. The van der Waals surface area contributed by atoms with Gasteiger partial charge in [0.05, 0.1) is 10.0 Å². The standard InChI is InChI=1S/C12H13Cl2N3S/c1-15-7-3-6-10-16-17-12(18-10)11-8(13)4-2-5-9(11)14/h2,4-5,15H,3,6-7H2,1H3. The molecule has 1 N–H and O–H groups in total. The zero-order valence-corrected chi connectivity index (χ0v) is 12.2. The van der Waals surface area contributed by atoms with Gasteiger partial charge in [-0.2, -0.15) is 0 Å². The number of aromatic nitrogens is 2. The fraction of sp³-hybridized carbons (Fsp3) is 0.333. The highest BCUT2D eigenvalue weighted by atomic mass is 35.5. The Morgan fingerprint density at radius 3 is 2.61 bits per heavy atom. The fourth-order valence-corrected chi connectivity index (χ4v) is 3.22. The van der Waals surface area contributed by atoms with Crippen molar-refractivity contribution in [3.05, 3.63) is 33.3 Å². The van der Waals surface area contributed by atoms with Gasteiger partial charge in [0.2, 0.25) is 0 Å². The summed E-state index contributed by atoms with van der Waals surface area (Å²) in [5, 5.41) is 14.5. The lowest BCUT2D eigenvalue weighted by Crippen LogP contribution is -2.08. The van der Waals surface area contributed by atoms with Gasteiger partial charge in [-0.25, -0.2) is 0 Å². The average Bonchev–Trinajstić information content (AvgIpc) is 2.78. The molecular weight excluding hydrogens is 289 g/mol. The minimum Gasteiger partial charge on any atom is -0.320 e. The maximum absolute atomic E-state index is 6.14. The Morgan fingerprint density at radius 1 is 1.22 bits per heavy atom. The molecule has 2 aromatic rings. The van der Waals surface area contributed by atoms with E-state index in [1.165, 1.54) is 0 Å². The van der Waals surface area contributed by atoms with Crippen LogP contribution in [0.5, 0.6) is 0 Å². The molecule has 0 unspecified atom stereocenters. The van der Waals surface area contributed by atoms with Crippen LogP contribution in [0, 0.1) is 0 Å². The predicted octanol–water partition coefficient (Wildman–Crippen LogP) is 3.66. The average molecular weight is 302 g/mol. The molecule has 0 aliphatic heterocycles. The molecule has 0 saturated carbocycles. The van der Waals surface area contributed by atoms with Gasteiger partial charge in [-0.3, -0.25) is 0 Å². The van der Waals surface area contributed by atoms with Crippen molar-refractivity contribution in [1.29, 1.82) is 0 Å². The minimum atomic E-state index is 0.612. The fourth-order valence-electron chi connectivity index (χ4n) is 1.57. The molecule has 0 radical (unpaired) electrons. The second-order valence-corrected chi connectivity index (χ2v) is 5.68. The summed E-state index contributed by atoms with van der Waals surface area (Å²) in [4.78, 5) is 0. The Balaban J connectivity index is 2.19. The second kappa shape index (κ2) is 6.48. The van der Waals surface area contributed by atoms with Crippen LogP contribution in [0.15, 0.2) is 18.2 Å². The smallest absolute Gasteiger partial charge is 0.150 e. The summed E-state index contributed by atoms with van der Waals surface area (Å²) in [6, 6.07) is 5.44. The summed E-state index contributed by atoms with van der Waals surface area (Å²) in [6.45, 7) is 0.974. The molecule has 0 fully saturated rings. The molecule has 1 aromatic carbocycles. The van der Waals surface area contributed by atoms with Gasteiger partial charge < -0.3 is 5.32 Å². The van der Waals surface area contributed by atoms with Crippen LogP contribution in [0.2, 0.25) is 10.0 Å². The van der Waals surface area contributed by atoms with Crippen molar-refractivity contribution in [2.45, 2.75) is 12.8 Å². The lowest BCUT2D eigenvalue weighted by Gasteiger charge is -2.01. The SMILES string of the molecule is CNCCCc1nnc(-c2c(Cl)cccc2Cl)s1. The number of halogens is 2. The molecule has 0 aliphatic rings. The molecule has 1 heterocycles. The largest absolute Gasteiger partial charge is 0.320 e. The lowest BCUT2D eigenvalue weighted by molar-refractivity contribution is 0.718. The molecule has 0 amide bonds. The highest BCUT2D eigenvalue weighted by Gasteiger charge is 2.13. The molecule has 0 aliphatic carbocycles. The van der Waals surface area contributed by atoms with Gasteiger partial charge in [-0.15, -0.1) is 10.2 Å². The highest BCUT2D eigenvalue weighted by Crippen LogP contribution is 2.36. The molecular formula is C12H13Cl2N3S. The number of nitrogens with one attached hydrogen (secondary N) is 1. The molecule has 1 aromatic heterocycles. The van der Waals surface area contributed by atoms with E-state index in [0.29, 0.717) is 10.0 Å². The molecule has 0 atom stereocenters. The maximum Gasteiger partial charge on any atom is 0.150 e. The molecule has 0 bridgehead atoms. The van der Waals surface area contributed by atoms with E-state index in [2.05, 4.69) is 15.5 Å². The third-order valence-corrected chi connectivity index (χ3v) is 4.09. The van der Waals surface area contributed by atoms with Crippen LogP contribution in [0.4, 0.5) is 0 Å². The Hall–Kier alpha value is -0.680. The summed E-state index contributed by atoms with van der Waals surface area (Å²) in [5.74, 6) is 0. The van der Waals surface area contributed by atoms with E-state index < -0.39 is 0 Å². The molecule has 0 spiro atoms. The first-order valence-corrected chi connectivity index (χ1v) is 7.21. The van der Waals surface area contributed by atoms with Crippen LogP contribution in [0.25, 0.3) is 10.6 Å². The van der Waals surface area contributed by atoms with Crippen LogP contribution in [0.3, 0.4) is 0 Å². The van der Waals surface area contributed by atoms with Crippen LogP contribution < -0.4 is 5.32 Å². The molecule has 96 valence electrons. The number of nitrogens with zero attached hydrogens (tertiary/aromatic N) is 2. The quantitative estimate of drug-likeness (QED) is 0.856. The minimum absolute atomic E-state index is 0.612. The van der Waals surface area contributed by atoms with Crippen LogP contribution >= 0.6 is 34.5 Å². The van der Waals surface area contributed by atoms with E-state index in [1.807, 2.05) is 25.2 Å². The Labute approximate surface area is 120 Å². The van der Waals surface area contributed by atoms with Crippen molar-refractivity contribution in [2.24, 2.45) is 0 Å². The van der Waals surface area contributed by atoms with E-state index in [4.69, 9.17) is 23.2 Å². The molecule has 18 heavy (non-hydrogen) atoms. The summed E-state index contributed by atoms with van der Waals surface area (Å²) in [6.07, 6.45) is 1.96. The van der Waals surface area contributed by atoms with Crippen molar-refractivity contribution >= 4 is 34.5 Å². The van der Waals surface area contributed by atoms with E-state index in [9.17, 15) is 0 Å². The second-order valence-electron chi connectivity index (χ2n) is 3.80. The van der Waals surface area contributed by atoms with Crippen molar-refractivity contribution < 1.29 is 0 Å². The number of hydrogen-bond acceptors (Lipinski definition) is 4. The summed E-state index contributed by atoms with van der Waals surface area (Å²) in [7, 11) is 1.94. The van der Waals surface area contributed by atoms with E-state index in [1.54, 1.807) is 11.3 Å². The first-order chi connectivity index (χ1) is 8.72. The number of aryl methyl sites for hydroxylation is 1. The van der Waals surface area contributed by atoms with Crippen LogP contribution in [0.1, 0.15) is 11.4 Å². The first kappa shape index (κ1) is 13.7. The highest BCUT2D eigenvalue weighted by molar-refractivity contribution is 7.14. The summed E-state index contributed by atoms with van der Waals surface area (Å²) < 4.78 is 0. The molecule has 3 nitrogen and oxygen atoms in total. The third kappa shape index (κ3) is 3.20. The van der Waals surface area contributed by atoms with Gasteiger partial charge in [-0.05, 0) is 32.1 Å². The zero-order valence-electron chi connectivity index (χ0n) is 9.91. The normalized spacial score (nSPS) is 10.8. The van der Waals surface area contributed by atoms with Gasteiger partial charge >= 0.3 is 0 Å². The van der Waals surface area contributed by atoms with Crippen LogP contribution in [-0.2, 0) is 6.42 Å². The lowest BCUT2D eigenvalue weighted by atomic mass is 10.2. The monoisotopic (exact) mass is 301 g/mol. The van der Waals surface area contributed by atoms with Gasteiger partial charge in [0.15, 0.2) is 5.01 Å². The van der Waals surface area contributed by atoms with E-state index >= 15 is 0 Å². The maximum atomic E-state index is 6.14. The molecule has 0 saturated heterocycles. The Morgan fingerprint density at radius 2 is 1.94 bits per heavy atom. The van der Waals surface area contributed by atoms with Crippen molar-refractivity contribution in [3.63, 3.8) is 0 Å². The third-order valence-electron chi connectivity index (χ3n) is 2.46. The molecule has 6 heteroatoms. The van der Waals surface area contributed by atoms with Crippen LogP contribution in [-0.4, -0.2) is 23.8 Å². The van der Waals surface area contributed by atoms with E-state index in [0.717, 1.165) is 35.0 Å². The van der Waals surface area contributed by atoms with Gasteiger partial charge in [0.1, 0.15) is 5.01 Å². The topological polar surface area (TPSA) is 37.8 Å². The van der Waals surface area contributed by atoms with Crippen molar-refractivity contribution in [3.8, 4) is 10.6 Å². The van der Waals surface area contributed by atoms with Crippen molar-refractivity contribution in [1.82, 2.24) is 15.5 Å². The summed E-state index contributed by atoms with van der Waals surface area (Å²) >= 11 is 13.8. The molecule has 2 rings (SSSR count). The number of hydrogen-bond donors (Lipinski definition) is 1. The predicted molar refractivity (Wildman–Crippen MR) is 77.6 cm³/mol. The summed E-state index contributed by atoms with van der Waals surface area (Å²) in [5.41, 5.74) is 0.776. The number of rotatable bonds is 5. The van der Waals surface area contributed by atoms with Gasteiger partial charge in [0.25, 0.3) is 0 Å². The van der Waals surface area contributed by atoms with Crippen molar-refractivity contribution in [2.75, 3.05) is 13.6 Å². The van der Waals surface area contributed by atoms with E-state index in [-0.39, 0.29) is 0 Å². The zero-order chi connectivity index (χ0) is 13.0. The van der Waals surface area contributed by atoms with Gasteiger partial charge in [0, 0.05) is 12.0 Å². The first-order valence-electron chi connectivity index (χ1n) is 5.63. The Kier molecular flexibility index (Phi) is 4.95. The van der Waals surface area contributed by atoms with Gasteiger partial charge in [-0.1, -0.05) is 40.6 Å².